The summed E-state index contributed by atoms with van der Waals surface area (Å²) in [4.78, 5) is 3.32. The molecule has 0 aliphatic carbocycles. The van der Waals surface area contributed by atoms with Crippen LogP contribution in [0.2, 0.25) is 0 Å². The van der Waals surface area contributed by atoms with Gasteiger partial charge >= 0.3 is 0 Å². The van der Waals surface area contributed by atoms with E-state index in [1.807, 2.05) is 48.5 Å². The predicted molar refractivity (Wildman–Crippen MR) is 68.7 cm³/mol. The van der Waals surface area contributed by atoms with E-state index in [0.717, 1.165) is 22.7 Å². The van der Waals surface area contributed by atoms with Crippen molar-refractivity contribution in [3.63, 3.8) is 0 Å². The number of rotatable bonds is 0. The van der Waals surface area contributed by atoms with E-state index in [9.17, 15) is 0 Å². The first-order valence-corrected chi connectivity index (χ1v) is 5.07. The number of hydrogen-bond donors (Lipinski definition) is 0. The van der Waals surface area contributed by atoms with E-state index in [2.05, 4.69) is 0 Å². The van der Waals surface area contributed by atoms with E-state index in [1.54, 1.807) is 9.62 Å². The maximum atomic E-state index is 6.07. The zero-order valence-corrected chi connectivity index (χ0v) is 8.67. The Hall–Kier alpha value is -1.83. The standard InChI is InChI=1S/C12H8B2N2/c13-15-9-5-1-2-6-10(9)16(14)12-8-4-3-7-11(12)15/h1-8H. The molecule has 2 aromatic rings. The van der Waals surface area contributed by atoms with Gasteiger partial charge < -0.3 is 9.62 Å². The average molecular weight is 202 g/mol. The highest BCUT2D eigenvalue weighted by Gasteiger charge is 2.21. The minimum Gasteiger partial charge on any atom is -0.395 e. The van der Waals surface area contributed by atoms with Crippen LogP contribution >= 0.6 is 0 Å². The van der Waals surface area contributed by atoms with Crippen LogP contribution in [0.3, 0.4) is 0 Å². The van der Waals surface area contributed by atoms with E-state index in [-0.39, 0.29) is 0 Å². The zero-order chi connectivity index (χ0) is 11.1. The molecule has 1 heterocycles. The summed E-state index contributed by atoms with van der Waals surface area (Å²) in [5.41, 5.74) is 3.62. The molecule has 0 atom stereocenters. The Kier molecular flexibility index (Phi) is 1.96. The van der Waals surface area contributed by atoms with Crippen molar-refractivity contribution in [1.82, 2.24) is 0 Å². The van der Waals surface area contributed by atoms with Gasteiger partial charge in [-0.05, 0) is 24.3 Å². The van der Waals surface area contributed by atoms with Crippen molar-refractivity contribution in [3.8, 4) is 0 Å². The second-order valence-electron chi connectivity index (χ2n) is 3.72. The molecule has 1 aliphatic rings. The number of hydrogen-bond acceptors (Lipinski definition) is 2. The van der Waals surface area contributed by atoms with Gasteiger partial charge in [-0.1, -0.05) is 24.3 Å². The third kappa shape index (κ3) is 1.16. The van der Waals surface area contributed by atoms with E-state index < -0.39 is 0 Å². The molecular formula is C12H8B2N2. The van der Waals surface area contributed by atoms with Crippen LogP contribution < -0.4 is 9.62 Å². The summed E-state index contributed by atoms with van der Waals surface area (Å²) in [6, 6.07) is 15.6. The molecule has 0 fully saturated rings. The van der Waals surface area contributed by atoms with Crippen LogP contribution in [-0.2, 0) is 0 Å². The van der Waals surface area contributed by atoms with Crippen LogP contribution in [0.1, 0.15) is 0 Å². The molecular weight excluding hydrogens is 194 g/mol. The molecule has 3 rings (SSSR count). The van der Waals surface area contributed by atoms with E-state index in [0.29, 0.717) is 0 Å². The van der Waals surface area contributed by atoms with Gasteiger partial charge in [-0.25, -0.2) is 0 Å². The lowest BCUT2D eigenvalue weighted by Crippen LogP contribution is -2.25. The molecule has 0 bridgehead atoms. The number of nitrogens with zero attached hydrogens (tertiary/aromatic N) is 2. The predicted octanol–water partition coefficient (Wildman–Crippen LogP) is 2.44. The van der Waals surface area contributed by atoms with Crippen molar-refractivity contribution in [3.05, 3.63) is 48.5 Å². The Bertz CT molecular complexity index is 447. The smallest absolute Gasteiger partial charge is 0.234 e. The van der Waals surface area contributed by atoms with Gasteiger partial charge in [0.1, 0.15) is 0 Å². The number of benzene rings is 2. The first kappa shape index (κ1) is 9.40. The van der Waals surface area contributed by atoms with Crippen LogP contribution in [-0.4, -0.2) is 16.0 Å². The lowest BCUT2D eigenvalue weighted by Gasteiger charge is -2.37. The molecule has 0 saturated heterocycles. The molecule has 0 unspecified atom stereocenters. The highest BCUT2D eigenvalue weighted by atomic mass is 15.2. The zero-order valence-electron chi connectivity index (χ0n) is 8.67. The van der Waals surface area contributed by atoms with E-state index in [1.165, 1.54) is 0 Å². The largest absolute Gasteiger partial charge is 0.395 e. The molecule has 0 spiro atoms. The quantitative estimate of drug-likeness (QED) is 0.605. The lowest BCUT2D eigenvalue weighted by atomic mass is 10.0. The molecule has 4 heteroatoms. The fraction of sp³-hybridized carbons (Fsp3) is 0. The van der Waals surface area contributed by atoms with E-state index >= 15 is 0 Å². The highest BCUT2D eigenvalue weighted by Crippen LogP contribution is 2.44. The number of fused-ring (bicyclic) bond motifs is 2. The number of para-hydroxylation sites is 4. The Balaban J connectivity index is 2.26. The second-order valence-corrected chi connectivity index (χ2v) is 3.72. The Morgan fingerprint density at radius 2 is 0.812 bits per heavy atom. The molecule has 4 radical (unpaired) electrons. The first-order chi connectivity index (χ1) is 7.79. The van der Waals surface area contributed by atoms with Crippen molar-refractivity contribution >= 4 is 38.7 Å². The van der Waals surface area contributed by atoms with Crippen LogP contribution in [0.25, 0.3) is 0 Å². The summed E-state index contributed by atoms with van der Waals surface area (Å²) < 4.78 is 0. The topological polar surface area (TPSA) is 6.48 Å². The second kappa shape index (κ2) is 3.34. The van der Waals surface area contributed by atoms with Gasteiger partial charge in [0.15, 0.2) is 0 Å². The summed E-state index contributed by atoms with van der Waals surface area (Å²) in [5, 5.41) is 0. The average Bonchev–Trinajstić information content (AvgIpc) is 2.36. The lowest BCUT2D eigenvalue weighted by molar-refractivity contribution is 1.29. The SMILES string of the molecule is [B]N1c2ccccc2N([B])c2ccccc21. The molecule has 2 aromatic carbocycles. The van der Waals surface area contributed by atoms with Gasteiger partial charge in [-0.2, -0.15) is 0 Å². The fourth-order valence-corrected chi connectivity index (χ4v) is 2.00. The fourth-order valence-electron chi connectivity index (χ4n) is 2.00. The Morgan fingerprint density at radius 3 is 1.06 bits per heavy atom. The minimum absolute atomic E-state index is 0.906. The summed E-state index contributed by atoms with van der Waals surface area (Å²) in [6.07, 6.45) is 0. The third-order valence-electron chi connectivity index (χ3n) is 2.80. The number of anilines is 4. The molecule has 16 heavy (non-hydrogen) atoms. The summed E-state index contributed by atoms with van der Waals surface area (Å²) >= 11 is 0. The minimum atomic E-state index is 0.906. The van der Waals surface area contributed by atoms with Crippen molar-refractivity contribution in [2.75, 3.05) is 9.62 Å². The third-order valence-corrected chi connectivity index (χ3v) is 2.80. The molecule has 0 saturated carbocycles. The van der Waals surface area contributed by atoms with Crippen LogP contribution in [0.15, 0.2) is 48.5 Å². The molecule has 72 valence electrons. The first-order valence-electron chi connectivity index (χ1n) is 5.07. The monoisotopic (exact) mass is 202 g/mol. The van der Waals surface area contributed by atoms with Crippen molar-refractivity contribution in [2.45, 2.75) is 0 Å². The van der Waals surface area contributed by atoms with Gasteiger partial charge in [0.2, 0.25) is 16.0 Å². The summed E-state index contributed by atoms with van der Waals surface area (Å²) in [6.45, 7) is 0. The van der Waals surface area contributed by atoms with Gasteiger partial charge in [0.25, 0.3) is 0 Å². The molecule has 0 aromatic heterocycles. The Labute approximate surface area is 97.4 Å². The normalized spacial score (nSPS) is 13.2. The Morgan fingerprint density at radius 1 is 0.562 bits per heavy atom. The van der Waals surface area contributed by atoms with Crippen LogP contribution in [0.4, 0.5) is 22.7 Å². The molecule has 1 aliphatic heterocycles. The van der Waals surface area contributed by atoms with Crippen LogP contribution in [0, 0.1) is 0 Å². The van der Waals surface area contributed by atoms with Crippen molar-refractivity contribution in [2.24, 2.45) is 0 Å². The highest BCUT2D eigenvalue weighted by molar-refractivity contribution is 6.32. The molecule has 2 nitrogen and oxygen atoms in total. The van der Waals surface area contributed by atoms with Gasteiger partial charge in [-0.3, -0.25) is 0 Å². The summed E-state index contributed by atoms with van der Waals surface area (Å²) in [7, 11) is 12.1. The molecule has 0 amide bonds. The maximum Gasteiger partial charge on any atom is 0.234 e. The van der Waals surface area contributed by atoms with Gasteiger partial charge in [0.05, 0.1) is 22.7 Å². The summed E-state index contributed by atoms with van der Waals surface area (Å²) in [5.74, 6) is 0. The van der Waals surface area contributed by atoms with E-state index in [4.69, 9.17) is 16.0 Å². The van der Waals surface area contributed by atoms with Gasteiger partial charge in [0, 0.05) is 0 Å². The van der Waals surface area contributed by atoms with Crippen molar-refractivity contribution < 1.29 is 0 Å². The maximum absolute atomic E-state index is 6.07. The molecule has 0 N–H and O–H groups in total. The van der Waals surface area contributed by atoms with Crippen molar-refractivity contribution in [1.29, 1.82) is 0 Å². The van der Waals surface area contributed by atoms with Crippen LogP contribution in [0.5, 0.6) is 0 Å². The van der Waals surface area contributed by atoms with Gasteiger partial charge in [-0.15, -0.1) is 0 Å².